The monoisotopic (exact) mass is 456 g/mol. The number of carbonyl (C=O) groups is 2. The molecule has 1 aliphatic rings. The summed E-state index contributed by atoms with van der Waals surface area (Å²) in [7, 11) is -3.92. The van der Waals surface area contributed by atoms with Crippen molar-refractivity contribution in [2.75, 3.05) is 24.3 Å². The van der Waals surface area contributed by atoms with Crippen LogP contribution in [0.15, 0.2) is 12.2 Å². The zero-order chi connectivity index (χ0) is 20.2. The van der Waals surface area contributed by atoms with Crippen molar-refractivity contribution in [3.63, 3.8) is 0 Å². The number of alkyl halides is 1. The van der Waals surface area contributed by atoms with Gasteiger partial charge in [0.2, 0.25) is 0 Å². The molecule has 1 N–H and O–H groups in total. The summed E-state index contributed by atoms with van der Waals surface area (Å²) in [5.41, 5.74) is 0.704. The second-order valence-electron chi connectivity index (χ2n) is 6.26. The number of hydrogen-bond donors (Lipinski definition) is 1. The van der Waals surface area contributed by atoms with Crippen LogP contribution in [0, 0.1) is 5.41 Å². The summed E-state index contributed by atoms with van der Waals surface area (Å²) >= 11 is 3.26. The summed E-state index contributed by atoms with van der Waals surface area (Å²) < 4.78 is 39.8. The van der Waals surface area contributed by atoms with Crippen molar-refractivity contribution < 1.29 is 32.0 Å². The van der Waals surface area contributed by atoms with Crippen molar-refractivity contribution in [1.29, 1.82) is 0 Å². The lowest BCUT2D eigenvalue weighted by molar-refractivity contribution is -0.144. The van der Waals surface area contributed by atoms with Gasteiger partial charge in [-0.25, -0.2) is 0 Å². The second kappa shape index (κ2) is 12.5. The number of hydrogen-bond acceptors (Lipinski definition) is 6. The van der Waals surface area contributed by atoms with Crippen molar-refractivity contribution in [3.8, 4) is 0 Å². The van der Waals surface area contributed by atoms with Crippen LogP contribution in [0.2, 0.25) is 0 Å². The molecule has 0 saturated heterocycles. The van der Waals surface area contributed by atoms with Gasteiger partial charge in [-0.3, -0.25) is 14.1 Å². The van der Waals surface area contributed by atoms with E-state index in [4.69, 9.17) is 14.0 Å². The lowest BCUT2D eigenvalue weighted by atomic mass is 10.1. The first-order valence-corrected chi connectivity index (χ1v) is 11.3. The highest BCUT2D eigenvalue weighted by atomic mass is 79.9. The Labute approximate surface area is 164 Å². The first-order valence-electron chi connectivity index (χ1n) is 8.56. The summed E-state index contributed by atoms with van der Waals surface area (Å²) in [5, 5.41) is 0.774. The normalized spacial score (nSPS) is 14.6. The standard InChI is InChI=1S/C9H16O5S.C8H13BrO2/c1-2-8(10)14-6-5-9(3-4-9)7-15(11,12)13;1-3-8(10)11-5-4-7(2)6-9/h2-7H2,1H3,(H,11,12,13);2-6H2,1H3. The molecule has 0 aromatic heterocycles. The predicted molar refractivity (Wildman–Crippen MR) is 103 cm³/mol. The highest BCUT2D eigenvalue weighted by molar-refractivity contribution is 9.09. The molecular formula is C17H29BrO7S. The maximum absolute atomic E-state index is 10.8. The van der Waals surface area contributed by atoms with Crippen molar-refractivity contribution in [2.45, 2.75) is 52.4 Å². The van der Waals surface area contributed by atoms with Gasteiger partial charge in [-0.2, -0.15) is 8.42 Å². The van der Waals surface area contributed by atoms with Crippen LogP contribution in [0.5, 0.6) is 0 Å². The van der Waals surface area contributed by atoms with Crippen LogP contribution in [0.25, 0.3) is 0 Å². The largest absolute Gasteiger partial charge is 0.466 e. The maximum Gasteiger partial charge on any atom is 0.305 e. The molecule has 0 aliphatic heterocycles. The molecule has 0 amide bonds. The molecule has 0 bridgehead atoms. The average Bonchev–Trinajstić information content (AvgIpc) is 3.32. The van der Waals surface area contributed by atoms with Gasteiger partial charge in [-0.05, 0) is 24.7 Å². The van der Waals surface area contributed by atoms with E-state index >= 15 is 0 Å². The third-order valence-corrected chi connectivity index (χ3v) is 5.60. The Kier molecular flexibility index (Phi) is 12.0. The number of rotatable bonds is 11. The SMILES string of the molecule is C=C(CBr)CCOC(=O)CC.CCC(=O)OCCC1(CS(=O)(=O)O)CC1. The van der Waals surface area contributed by atoms with Crippen LogP contribution in [0.4, 0.5) is 0 Å². The van der Waals surface area contributed by atoms with Gasteiger partial charge in [-0.1, -0.05) is 41.9 Å². The number of carbonyl (C=O) groups excluding carboxylic acids is 2. The van der Waals surface area contributed by atoms with Gasteiger partial charge >= 0.3 is 11.9 Å². The predicted octanol–water partition coefficient (Wildman–Crippen LogP) is 3.28. The topological polar surface area (TPSA) is 107 Å². The summed E-state index contributed by atoms with van der Waals surface area (Å²) in [5.74, 6) is -0.644. The quantitative estimate of drug-likeness (QED) is 0.220. The zero-order valence-corrected chi connectivity index (χ0v) is 17.9. The summed E-state index contributed by atoms with van der Waals surface area (Å²) in [4.78, 5) is 21.4. The lowest BCUT2D eigenvalue weighted by Gasteiger charge is -2.12. The maximum atomic E-state index is 10.8. The minimum absolute atomic E-state index is 0.146. The zero-order valence-electron chi connectivity index (χ0n) is 15.5. The van der Waals surface area contributed by atoms with Gasteiger partial charge in [0, 0.05) is 24.6 Å². The molecule has 0 aromatic carbocycles. The Morgan fingerprint density at radius 2 is 1.62 bits per heavy atom. The molecule has 1 rings (SSSR count). The van der Waals surface area contributed by atoms with E-state index < -0.39 is 10.1 Å². The molecule has 0 heterocycles. The average molecular weight is 457 g/mol. The molecular weight excluding hydrogens is 428 g/mol. The van der Waals surface area contributed by atoms with Gasteiger partial charge in [0.15, 0.2) is 0 Å². The molecule has 0 spiro atoms. The van der Waals surface area contributed by atoms with Gasteiger partial charge in [0.25, 0.3) is 10.1 Å². The summed E-state index contributed by atoms with van der Waals surface area (Å²) in [6.07, 6.45) is 3.58. The fourth-order valence-corrected chi connectivity index (χ4v) is 3.48. The van der Waals surface area contributed by atoms with E-state index in [0.717, 1.165) is 30.2 Å². The van der Waals surface area contributed by atoms with Crippen molar-refractivity contribution in [1.82, 2.24) is 0 Å². The van der Waals surface area contributed by atoms with Crippen molar-refractivity contribution >= 4 is 38.0 Å². The van der Waals surface area contributed by atoms with E-state index in [9.17, 15) is 18.0 Å². The number of ether oxygens (including phenoxy) is 2. The van der Waals surface area contributed by atoms with Gasteiger partial charge < -0.3 is 9.47 Å². The Hall–Kier alpha value is -0.930. The second-order valence-corrected chi connectivity index (χ2v) is 8.27. The van der Waals surface area contributed by atoms with Crippen LogP contribution >= 0.6 is 15.9 Å². The van der Waals surface area contributed by atoms with E-state index in [-0.39, 0.29) is 29.7 Å². The van der Waals surface area contributed by atoms with Gasteiger partial charge in [-0.15, -0.1) is 0 Å². The molecule has 0 radical (unpaired) electrons. The summed E-state index contributed by atoms with van der Waals surface area (Å²) in [6.45, 7) is 7.93. The van der Waals surface area contributed by atoms with E-state index in [1.54, 1.807) is 13.8 Å². The van der Waals surface area contributed by atoms with E-state index in [2.05, 4.69) is 22.5 Å². The lowest BCUT2D eigenvalue weighted by Crippen LogP contribution is -2.19. The first-order chi connectivity index (χ1) is 12.1. The Balaban J connectivity index is 0.000000508. The number of halogens is 1. The molecule has 0 atom stereocenters. The highest BCUT2D eigenvalue weighted by Gasteiger charge is 2.45. The van der Waals surface area contributed by atoms with E-state index in [0.29, 0.717) is 25.9 Å². The molecule has 1 saturated carbocycles. The highest BCUT2D eigenvalue weighted by Crippen LogP contribution is 2.49. The minimum atomic E-state index is -3.92. The number of esters is 2. The van der Waals surface area contributed by atoms with Crippen LogP contribution in [0.1, 0.15) is 52.4 Å². The van der Waals surface area contributed by atoms with Crippen LogP contribution in [-0.4, -0.2) is 49.2 Å². The first kappa shape index (κ1) is 25.1. The third kappa shape index (κ3) is 13.3. The van der Waals surface area contributed by atoms with Crippen molar-refractivity contribution in [3.05, 3.63) is 12.2 Å². The Bertz CT molecular complexity index is 552. The van der Waals surface area contributed by atoms with Gasteiger partial charge in [0.05, 0.1) is 19.0 Å². The molecule has 0 aromatic rings. The Morgan fingerprint density at radius 1 is 1.12 bits per heavy atom. The van der Waals surface area contributed by atoms with E-state index in [1.807, 2.05) is 0 Å². The molecule has 1 aliphatic carbocycles. The smallest absolute Gasteiger partial charge is 0.305 e. The Morgan fingerprint density at radius 3 is 2.00 bits per heavy atom. The third-order valence-electron chi connectivity index (χ3n) is 3.83. The molecule has 152 valence electrons. The molecule has 1 fully saturated rings. The van der Waals surface area contributed by atoms with Crippen molar-refractivity contribution in [2.24, 2.45) is 5.41 Å². The molecule has 0 unspecified atom stereocenters. The minimum Gasteiger partial charge on any atom is -0.466 e. The van der Waals surface area contributed by atoms with Crippen LogP contribution in [0.3, 0.4) is 0 Å². The molecule has 9 heteroatoms. The van der Waals surface area contributed by atoms with Gasteiger partial charge in [0.1, 0.15) is 0 Å². The van der Waals surface area contributed by atoms with Crippen LogP contribution in [-0.2, 0) is 29.2 Å². The summed E-state index contributed by atoms with van der Waals surface area (Å²) in [6, 6.07) is 0. The molecule has 7 nitrogen and oxygen atoms in total. The van der Waals surface area contributed by atoms with Crippen LogP contribution < -0.4 is 0 Å². The fraction of sp³-hybridized carbons (Fsp3) is 0.765. The molecule has 26 heavy (non-hydrogen) atoms. The van der Waals surface area contributed by atoms with E-state index in [1.165, 1.54) is 0 Å². The fourth-order valence-electron chi connectivity index (χ4n) is 1.99.